The maximum atomic E-state index is 12.3. The number of ketones is 1. The zero-order valence-electron chi connectivity index (χ0n) is 12.8. The topological polar surface area (TPSA) is 64.1 Å². The van der Waals surface area contributed by atoms with Crippen LogP contribution in [0.5, 0.6) is 0 Å². The third-order valence-electron chi connectivity index (χ3n) is 2.82. The quantitative estimate of drug-likeness (QED) is 0.808. The Morgan fingerprint density at radius 3 is 2.40 bits per heavy atom. The third-order valence-corrected chi connectivity index (χ3v) is 6.47. The average Bonchev–Trinajstić information content (AvgIpc) is 2.56. The number of hydrogen-bond acceptors (Lipinski definition) is 5. The molecular formula is C14H23NO3S2. The first-order valence-electron chi connectivity index (χ1n) is 6.70. The highest BCUT2D eigenvalue weighted by atomic mass is 32.2. The first-order valence-corrected chi connectivity index (χ1v) is 9.17. The van der Waals surface area contributed by atoms with E-state index in [9.17, 15) is 13.2 Å². The fraction of sp³-hybridized carbons (Fsp3) is 0.714. The summed E-state index contributed by atoms with van der Waals surface area (Å²) in [6.07, 6.45) is 1.72. The van der Waals surface area contributed by atoms with E-state index >= 15 is 0 Å². The number of Topliss-reactive ketones (excluding diaryl/α,β-unsaturated/α-hetero) is 1. The van der Waals surface area contributed by atoms with Gasteiger partial charge in [-0.25, -0.2) is 13.4 Å². The molecule has 0 bridgehead atoms. The Morgan fingerprint density at radius 1 is 1.30 bits per heavy atom. The molecule has 1 aromatic heterocycles. The largest absolute Gasteiger partial charge is 0.300 e. The van der Waals surface area contributed by atoms with Crippen LogP contribution >= 0.6 is 11.3 Å². The number of nitrogens with zero attached hydrogens (tertiary/aromatic N) is 1. The van der Waals surface area contributed by atoms with Gasteiger partial charge in [0, 0.05) is 0 Å². The zero-order chi connectivity index (χ0) is 15.6. The van der Waals surface area contributed by atoms with Gasteiger partial charge in [-0.1, -0.05) is 20.8 Å². The van der Waals surface area contributed by atoms with E-state index < -0.39 is 9.84 Å². The summed E-state index contributed by atoms with van der Waals surface area (Å²) >= 11 is 1.13. The van der Waals surface area contributed by atoms with Gasteiger partial charge in [-0.3, -0.25) is 4.79 Å². The summed E-state index contributed by atoms with van der Waals surface area (Å²) in [6, 6.07) is 0. The van der Waals surface area contributed by atoms with Gasteiger partial charge in [-0.05, 0) is 32.1 Å². The van der Waals surface area contributed by atoms with Crippen LogP contribution in [-0.2, 0) is 21.1 Å². The Hall–Kier alpha value is -0.750. The van der Waals surface area contributed by atoms with E-state index in [1.807, 2.05) is 0 Å². The molecule has 6 heteroatoms. The predicted octanol–water partition coefficient (Wildman–Crippen LogP) is 3.18. The first-order chi connectivity index (χ1) is 9.01. The molecule has 0 atom stereocenters. The molecule has 1 heterocycles. The van der Waals surface area contributed by atoms with Crippen LogP contribution in [0.2, 0.25) is 0 Å². The molecule has 0 radical (unpaired) electrons. The highest BCUT2D eigenvalue weighted by Crippen LogP contribution is 2.27. The van der Waals surface area contributed by atoms with Crippen LogP contribution in [0.15, 0.2) is 4.21 Å². The van der Waals surface area contributed by atoms with Gasteiger partial charge in [0.25, 0.3) is 0 Å². The standard InChI is InChI=1S/C14H23NO3S2/c1-10(16)9-12-15-11(2)13(19-12)20(17,18)8-6-7-14(3,4)5/h6-9H2,1-5H3. The van der Waals surface area contributed by atoms with Crippen LogP contribution in [0, 0.1) is 12.3 Å². The van der Waals surface area contributed by atoms with Crippen LogP contribution in [-0.4, -0.2) is 24.9 Å². The van der Waals surface area contributed by atoms with Gasteiger partial charge in [0.1, 0.15) is 15.0 Å². The molecule has 4 nitrogen and oxygen atoms in total. The second kappa shape index (κ2) is 6.35. The van der Waals surface area contributed by atoms with Gasteiger partial charge in [0.2, 0.25) is 0 Å². The second-order valence-electron chi connectivity index (χ2n) is 6.34. The van der Waals surface area contributed by atoms with Crippen molar-refractivity contribution in [2.75, 3.05) is 5.75 Å². The first kappa shape index (κ1) is 17.3. The average molecular weight is 317 g/mol. The molecule has 114 valence electrons. The van der Waals surface area contributed by atoms with Crippen LogP contribution < -0.4 is 0 Å². The van der Waals surface area contributed by atoms with Crippen molar-refractivity contribution < 1.29 is 13.2 Å². The molecule has 0 aliphatic carbocycles. The van der Waals surface area contributed by atoms with E-state index in [1.54, 1.807) is 6.92 Å². The lowest BCUT2D eigenvalue weighted by Gasteiger charge is -2.17. The molecule has 1 aromatic rings. The molecule has 0 fully saturated rings. The molecule has 0 aliphatic heterocycles. The van der Waals surface area contributed by atoms with Gasteiger partial charge in [0.15, 0.2) is 9.84 Å². The molecule has 0 spiro atoms. The summed E-state index contributed by atoms with van der Waals surface area (Å²) < 4.78 is 25.0. The maximum absolute atomic E-state index is 12.3. The third kappa shape index (κ3) is 5.32. The van der Waals surface area contributed by atoms with E-state index in [0.717, 1.165) is 17.8 Å². The number of thiazole rings is 1. The Balaban J connectivity index is 2.82. The summed E-state index contributed by atoms with van der Waals surface area (Å²) in [5.74, 6) is 0.141. The van der Waals surface area contributed by atoms with Crippen molar-refractivity contribution >= 4 is 27.0 Å². The van der Waals surface area contributed by atoms with Crippen LogP contribution in [0.1, 0.15) is 51.2 Å². The summed E-state index contributed by atoms with van der Waals surface area (Å²) in [6.45, 7) is 9.47. The highest BCUT2D eigenvalue weighted by molar-refractivity contribution is 7.93. The van der Waals surface area contributed by atoms with E-state index in [1.165, 1.54) is 6.92 Å². The summed E-state index contributed by atoms with van der Waals surface area (Å²) in [5, 5.41) is 0.587. The van der Waals surface area contributed by atoms with E-state index in [4.69, 9.17) is 0 Å². The minimum atomic E-state index is -3.28. The van der Waals surface area contributed by atoms with Gasteiger partial charge in [0.05, 0.1) is 17.9 Å². The minimum Gasteiger partial charge on any atom is -0.300 e. The number of sulfone groups is 1. The maximum Gasteiger partial charge on any atom is 0.189 e. The molecule has 0 saturated heterocycles. The molecular weight excluding hydrogens is 294 g/mol. The molecule has 0 aliphatic rings. The highest BCUT2D eigenvalue weighted by Gasteiger charge is 2.23. The van der Waals surface area contributed by atoms with Crippen molar-refractivity contribution in [1.29, 1.82) is 0 Å². The number of aryl methyl sites for hydroxylation is 1. The summed E-state index contributed by atoms with van der Waals surface area (Å²) in [5.41, 5.74) is 0.653. The number of rotatable bonds is 6. The fourth-order valence-corrected chi connectivity index (χ4v) is 5.02. The molecule has 0 N–H and O–H groups in total. The molecule has 0 amide bonds. The predicted molar refractivity (Wildman–Crippen MR) is 82.0 cm³/mol. The van der Waals surface area contributed by atoms with Crippen molar-refractivity contribution in [2.45, 2.75) is 58.1 Å². The monoisotopic (exact) mass is 317 g/mol. The SMILES string of the molecule is CC(=O)Cc1nc(C)c(S(=O)(=O)CCCC(C)(C)C)s1. The Morgan fingerprint density at radius 2 is 1.90 bits per heavy atom. The molecule has 20 heavy (non-hydrogen) atoms. The van der Waals surface area contributed by atoms with Gasteiger partial charge in [-0.2, -0.15) is 0 Å². The molecule has 1 rings (SSSR count). The minimum absolute atomic E-state index is 0.00423. The van der Waals surface area contributed by atoms with E-state index in [2.05, 4.69) is 25.8 Å². The Kier molecular flexibility index (Phi) is 5.49. The van der Waals surface area contributed by atoms with E-state index in [-0.39, 0.29) is 23.4 Å². The lowest BCUT2D eigenvalue weighted by atomic mass is 9.91. The van der Waals surface area contributed by atoms with Gasteiger partial charge in [-0.15, -0.1) is 11.3 Å². The Bertz CT molecular complexity index is 580. The van der Waals surface area contributed by atoms with Crippen LogP contribution in [0.3, 0.4) is 0 Å². The van der Waals surface area contributed by atoms with Crippen LogP contribution in [0.4, 0.5) is 0 Å². The Labute approximate surface area is 125 Å². The number of carbonyl (C=O) groups excluding carboxylic acids is 1. The second-order valence-corrected chi connectivity index (χ2v) is 9.73. The van der Waals surface area contributed by atoms with Gasteiger partial charge < -0.3 is 0 Å². The normalized spacial score (nSPS) is 12.7. The summed E-state index contributed by atoms with van der Waals surface area (Å²) in [7, 11) is -3.28. The van der Waals surface area contributed by atoms with Crippen molar-refractivity contribution in [1.82, 2.24) is 4.98 Å². The van der Waals surface area contributed by atoms with Crippen LogP contribution in [0.25, 0.3) is 0 Å². The molecule has 0 saturated carbocycles. The van der Waals surface area contributed by atoms with Crippen molar-refractivity contribution in [3.05, 3.63) is 10.7 Å². The summed E-state index contributed by atoms with van der Waals surface area (Å²) in [4.78, 5) is 15.3. The van der Waals surface area contributed by atoms with Gasteiger partial charge >= 0.3 is 0 Å². The zero-order valence-corrected chi connectivity index (χ0v) is 14.4. The molecule has 0 unspecified atom stereocenters. The lowest BCUT2D eigenvalue weighted by Crippen LogP contribution is -2.11. The van der Waals surface area contributed by atoms with E-state index in [0.29, 0.717) is 21.3 Å². The lowest BCUT2D eigenvalue weighted by molar-refractivity contribution is -0.116. The van der Waals surface area contributed by atoms with Crippen molar-refractivity contribution in [3.8, 4) is 0 Å². The smallest absolute Gasteiger partial charge is 0.189 e. The number of carbonyl (C=O) groups is 1. The number of hydrogen-bond donors (Lipinski definition) is 0. The fourth-order valence-electron chi connectivity index (χ4n) is 1.90. The van der Waals surface area contributed by atoms with Crippen molar-refractivity contribution in [2.24, 2.45) is 5.41 Å². The number of aromatic nitrogens is 1. The molecule has 0 aromatic carbocycles. The van der Waals surface area contributed by atoms with Crippen molar-refractivity contribution in [3.63, 3.8) is 0 Å².